The number of para-hydroxylation sites is 2. The third-order valence-corrected chi connectivity index (χ3v) is 5.00. The molecule has 27 heavy (non-hydrogen) atoms. The minimum Gasteiger partial charge on any atom is -0.506 e. The molecule has 1 heterocycles. The fourth-order valence-corrected chi connectivity index (χ4v) is 3.62. The Morgan fingerprint density at radius 1 is 0.926 bits per heavy atom. The Morgan fingerprint density at radius 2 is 1.67 bits per heavy atom. The molecule has 0 radical (unpaired) electrons. The van der Waals surface area contributed by atoms with Crippen LogP contribution < -0.4 is 4.74 Å². The van der Waals surface area contributed by atoms with Crippen molar-refractivity contribution in [3.63, 3.8) is 0 Å². The average molecular weight is 370 g/mol. The number of benzene rings is 3. The van der Waals surface area contributed by atoms with E-state index in [1.807, 2.05) is 54.6 Å². The molecule has 1 aromatic heterocycles. The number of rotatable bonds is 4. The van der Waals surface area contributed by atoms with E-state index in [1.54, 1.807) is 24.3 Å². The van der Waals surface area contributed by atoms with Crippen LogP contribution in [0.5, 0.6) is 11.5 Å². The van der Waals surface area contributed by atoms with Gasteiger partial charge in [-0.1, -0.05) is 42.5 Å². The quantitative estimate of drug-likeness (QED) is 0.351. The Morgan fingerprint density at radius 3 is 2.44 bits per heavy atom. The number of ether oxygens (including phenoxy) is 1. The molecule has 0 aliphatic heterocycles. The molecule has 4 aromatic rings. The molecule has 1 N–H and O–H groups in total. The summed E-state index contributed by atoms with van der Waals surface area (Å²) >= 11 is 1.38. The van der Waals surface area contributed by atoms with Crippen molar-refractivity contribution in [2.45, 2.75) is 0 Å². The molecule has 0 saturated heterocycles. The second-order valence-corrected chi connectivity index (χ2v) is 6.80. The summed E-state index contributed by atoms with van der Waals surface area (Å²) in [5, 5.41) is 20.8. The highest BCUT2D eigenvalue weighted by Gasteiger charge is 2.15. The second kappa shape index (κ2) is 7.32. The zero-order valence-corrected chi connectivity index (χ0v) is 15.0. The summed E-state index contributed by atoms with van der Waals surface area (Å²) in [5.41, 5.74) is 1.45. The van der Waals surface area contributed by atoms with Gasteiger partial charge in [-0.2, -0.15) is 5.26 Å². The van der Waals surface area contributed by atoms with Crippen LogP contribution in [0.2, 0.25) is 0 Å². The fraction of sp³-hybridized carbons (Fsp3) is 0. The first-order chi connectivity index (χ1) is 13.2. The predicted octanol–water partition coefficient (Wildman–Crippen LogP) is 6.04. The van der Waals surface area contributed by atoms with E-state index in [-0.39, 0.29) is 11.3 Å². The zero-order chi connectivity index (χ0) is 18.6. The van der Waals surface area contributed by atoms with E-state index in [9.17, 15) is 10.4 Å². The smallest absolute Gasteiger partial charge is 0.143 e. The molecule has 4 nitrogen and oxygen atoms in total. The number of aliphatic hydroxyl groups is 1. The molecule has 0 spiro atoms. The van der Waals surface area contributed by atoms with E-state index in [0.29, 0.717) is 22.1 Å². The summed E-state index contributed by atoms with van der Waals surface area (Å²) in [6.45, 7) is 0. The molecule has 0 fully saturated rings. The zero-order valence-electron chi connectivity index (χ0n) is 14.2. The molecule has 0 amide bonds. The van der Waals surface area contributed by atoms with Crippen molar-refractivity contribution in [2.75, 3.05) is 0 Å². The van der Waals surface area contributed by atoms with Gasteiger partial charge in [0.2, 0.25) is 0 Å². The molecule has 0 aliphatic carbocycles. The van der Waals surface area contributed by atoms with E-state index < -0.39 is 0 Å². The lowest BCUT2D eigenvalue weighted by atomic mass is 10.1. The molecular formula is C22H14N2O2S. The van der Waals surface area contributed by atoms with Crippen molar-refractivity contribution in [3.05, 3.63) is 89.4 Å². The number of nitriles is 1. The van der Waals surface area contributed by atoms with Gasteiger partial charge in [-0.15, -0.1) is 11.3 Å². The maximum atomic E-state index is 10.7. The molecule has 0 saturated carbocycles. The van der Waals surface area contributed by atoms with Crippen LogP contribution in [0.4, 0.5) is 0 Å². The van der Waals surface area contributed by atoms with Gasteiger partial charge in [0.15, 0.2) is 0 Å². The van der Waals surface area contributed by atoms with E-state index >= 15 is 0 Å². The summed E-state index contributed by atoms with van der Waals surface area (Å²) in [6, 6.07) is 26.1. The van der Waals surface area contributed by atoms with Gasteiger partial charge in [0.05, 0.1) is 10.2 Å². The molecule has 4 rings (SSSR count). The summed E-state index contributed by atoms with van der Waals surface area (Å²) in [4.78, 5) is 4.47. The maximum Gasteiger partial charge on any atom is 0.143 e. The number of aromatic nitrogens is 1. The molecule has 5 heteroatoms. The third-order valence-electron chi connectivity index (χ3n) is 3.94. The molecule has 0 atom stereocenters. The first-order valence-corrected chi connectivity index (χ1v) is 9.09. The van der Waals surface area contributed by atoms with Crippen molar-refractivity contribution in [3.8, 4) is 17.6 Å². The number of hydrogen-bond donors (Lipinski definition) is 1. The van der Waals surface area contributed by atoms with Gasteiger partial charge in [-0.3, -0.25) is 0 Å². The largest absolute Gasteiger partial charge is 0.506 e. The van der Waals surface area contributed by atoms with Gasteiger partial charge in [0.25, 0.3) is 0 Å². The Labute approximate surface area is 160 Å². The number of thiazole rings is 1. The first-order valence-electron chi connectivity index (χ1n) is 8.27. The van der Waals surface area contributed by atoms with Crippen LogP contribution >= 0.6 is 11.3 Å². The van der Waals surface area contributed by atoms with Crippen LogP contribution in [0.1, 0.15) is 10.6 Å². The second-order valence-electron chi connectivity index (χ2n) is 5.77. The third kappa shape index (κ3) is 3.52. The normalized spacial score (nSPS) is 11.7. The van der Waals surface area contributed by atoms with Crippen molar-refractivity contribution in [1.82, 2.24) is 4.98 Å². The standard InChI is InChI=1S/C22H14N2O2S/c23-14-18(22-24-19-11-4-5-12-20(19)27-22)21(25)15-7-6-10-17(13-15)26-16-8-2-1-3-9-16/h1-13,25H/b21-18+. The SMILES string of the molecule is N#C/C(=C(\O)c1cccc(Oc2ccccc2)c1)c1nc2ccccc2s1. The summed E-state index contributed by atoms with van der Waals surface area (Å²) < 4.78 is 6.77. The fourth-order valence-electron chi connectivity index (χ4n) is 2.66. The topological polar surface area (TPSA) is 66.1 Å². The van der Waals surface area contributed by atoms with Crippen LogP contribution in [0.3, 0.4) is 0 Å². The predicted molar refractivity (Wildman–Crippen MR) is 108 cm³/mol. The van der Waals surface area contributed by atoms with Gasteiger partial charge in [-0.05, 0) is 36.4 Å². The average Bonchev–Trinajstić information content (AvgIpc) is 3.13. The number of aliphatic hydroxyl groups excluding tert-OH is 1. The number of nitrogens with zero attached hydrogens (tertiary/aromatic N) is 2. The van der Waals surface area contributed by atoms with E-state index in [4.69, 9.17) is 4.74 Å². The monoisotopic (exact) mass is 370 g/mol. The molecule has 130 valence electrons. The van der Waals surface area contributed by atoms with Crippen LogP contribution in [0.25, 0.3) is 21.5 Å². The van der Waals surface area contributed by atoms with Gasteiger partial charge in [0, 0.05) is 5.56 Å². The van der Waals surface area contributed by atoms with E-state index in [0.717, 1.165) is 10.2 Å². The van der Waals surface area contributed by atoms with Crippen LogP contribution in [-0.4, -0.2) is 10.1 Å². The summed E-state index contributed by atoms with van der Waals surface area (Å²) in [7, 11) is 0. The van der Waals surface area contributed by atoms with Gasteiger partial charge in [-0.25, -0.2) is 4.98 Å². The van der Waals surface area contributed by atoms with Crippen LogP contribution in [0, 0.1) is 11.3 Å². The van der Waals surface area contributed by atoms with Gasteiger partial charge < -0.3 is 9.84 Å². The lowest BCUT2D eigenvalue weighted by molar-refractivity contribution is 0.480. The van der Waals surface area contributed by atoms with E-state index in [2.05, 4.69) is 11.1 Å². The van der Waals surface area contributed by atoms with Crippen molar-refractivity contribution in [2.24, 2.45) is 0 Å². The number of hydrogen-bond acceptors (Lipinski definition) is 5. The highest BCUT2D eigenvalue weighted by molar-refractivity contribution is 7.19. The highest BCUT2D eigenvalue weighted by Crippen LogP contribution is 2.32. The molecule has 3 aromatic carbocycles. The highest BCUT2D eigenvalue weighted by atomic mass is 32.1. The maximum absolute atomic E-state index is 10.7. The lowest BCUT2D eigenvalue weighted by Crippen LogP contribution is -1.91. The van der Waals surface area contributed by atoms with Gasteiger partial charge in [0.1, 0.15) is 33.9 Å². The summed E-state index contributed by atoms with van der Waals surface area (Å²) in [6.07, 6.45) is 0. The Hall–Kier alpha value is -3.62. The van der Waals surface area contributed by atoms with Crippen LogP contribution in [-0.2, 0) is 0 Å². The van der Waals surface area contributed by atoms with E-state index in [1.165, 1.54) is 11.3 Å². The minimum atomic E-state index is -0.116. The molecule has 0 aliphatic rings. The Kier molecular flexibility index (Phi) is 4.56. The molecule has 0 bridgehead atoms. The van der Waals surface area contributed by atoms with Gasteiger partial charge >= 0.3 is 0 Å². The minimum absolute atomic E-state index is 0.116. The number of allylic oxidation sites excluding steroid dienone is 1. The Bertz CT molecular complexity index is 1140. The Balaban J connectivity index is 1.72. The van der Waals surface area contributed by atoms with Crippen molar-refractivity contribution in [1.29, 1.82) is 5.26 Å². The van der Waals surface area contributed by atoms with Crippen molar-refractivity contribution >= 4 is 32.9 Å². The summed E-state index contributed by atoms with van der Waals surface area (Å²) in [5.74, 6) is 1.16. The molecular weight excluding hydrogens is 356 g/mol. The first kappa shape index (κ1) is 16.8. The van der Waals surface area contributed by atoms with Crippen molar-refractivity contribution < 1.29 is 9.84 Å². The van der Waals surface area contributed by atoms with Crippen LogP contribution in [0.15, 0.2) is 78.9 Å². The lowest BCUT2D eigenvalue weighted by Gasteiger charge is -2.08. The molecule has 0 unspecified atom stereocenters. The number of fused-ring (bicyclic) bond motifs is 1.